The standard InChI is InChI=1S/C14H15NO2/c1-14(10-5-3-2-4-6-10)12-11-7-9(11)8-15(12)13(16)17-14/h2-6,9,11-12H,7-8H2,1H3/t9-,11-,12+,14?/m0/s1. The second kappa shape index (κ2) is 2.84. The summed E-state index contributed by atoms with van der Waals surface area (Å²) in [7, 11) is 0. The van der Waals surface area contributed by atoms with Crippen molar-refractivity contribution in [3.8, 4) is 0 Å². The number of hydrogen-bond donors (Lipinski definition) is 0. The molecule has 0 aromatic heterocycles. The third-order valence-corrected chi connectivity index (χ3v) is 4.60. The fourth-order valence-corrected chi connectivity index (χ4v) is 3.66. The summed E-state index contributed by atoms with van der Waals surface area (Å²) in [4.78, 5) is 13.9. The summed E-state index contributed by atoms with van der Waals surface area (Å²) in [6.45, 7) is 2.96. The van der Waals surface area contributed by atoms with Crippen molar-refractivity contribution >= 4 is 6.09 Å². The van der Waals surface area contributed by atoms with Gasteiger partial charge in [-0.1, -0.05) is 30.3 Å². The molecule has 17 heavy (non-hydrogen) atoms. The molecule has 0 N–H and O–H groups in total. The Morgan fingerprint density at radius 2 is 2.12 bits per heavy atom. The summed E-state index contributed by atoms with van der Waals surface area (Å²) in [6.07, 6.45) is 1.13. The molecule has 1 saturated carbocycles. The third kappa shape index (κ3) is 1.09. The first-order chi connectivity index (χ1) is 8.20. The number of ether oxygens (including phenoxy) is 1. The second-order valence-electron chi connectivity index (χ2n) is 5.60. The monoisotopic (exact) mass is 229 g/mol. The number of amides is 1. The van der Waals surface area contributed by atoms with Crippen molar-refractivity contribution in [3.63, 3.8) is 0 Å². The number of piperidine rings is 1. The summed E-state index contributed by atoms with van der Waals surface area (Å²) in [5.74, 6) is 1.39. The molecule has 88 valence electrons. The molecule has 3 aliphatic rings. The van der Waals surface area contributed by atoms with Crippen molar-refractivity contribution < 1.29 is 9.53 Å². The fraction of sp³-hybridized carbons (Fsp3) is 0.500. The van der Waals surface area contributed by atoms with E-state index < -0.39 is 5.60 Å². The first kappa shape index (κ1) is 9.51. The number of rotatable bonds is 1. The average Bonchev–Trinajstić information content (AvgIpc) is 2.91. The average molecular weight is 229 g/mol. The Balaban J connectivity index is 1.80. The number of nitrogens with zero attached hydrogens (tertiary/aromatic N) is 1. The minimum absolute atomic E-state index is 0.131. The minimum Gasteiger partial charge on any atom is -0.436 e. The lowest BCUT2D eigenvalue weighted by Gasteiger charge is -2.29. The highest BCUT2D eigenvalue weighted by Gasteiger charge is 2.66. The van der Waals surface area contributed by atoms with Gasteiger partial charge in [-0.2, -0.15) is 0 Å². The minimum atomic E-state index is -0.450. The van der Waals surface area contributed by atoms with Gasteiger partial charge in [0.1, 0.15) is 0 Å². The molecule has 1 amide bonds. The molecular formula is C14H15NO2. The Hall–Kier alpha value is -1.51. The lowest BCUT2D eigenvalue weighted by molar-refractivity contribution is 0.0442. The number of hydrogen-bond acceptors (Lipinski definition) is 2. The Bertz CT molecular complexity index is 486. The van der Waals surface area contributed by atoms with Crippen LogP contribution in [0, 0.1) is 11.8 Å². The summed E-state index contributed by atoms with van der Waals surface area (Å²) in [5.41, 5.74) is 0.669. The molecule has 0 radical (unpaired) electrons. The Kier molecular flexibility index (Phi) is 1.59. The topological polar surface area (TPSA) is 29.5 Å². The molecule has 1 aliphatic carbocycles. The first-order valence-corrected chi connectivity index (χ1v) is 6.25. The van der Waals surface area contributed by atoms with Crippen LogP contribution in [0.4, 0.5) is 4.79 Å². The zero-order valence-corrected chi connectivity index (χ0v) is 9.80. The number of cyclic esters (lactones) is 1. The van der Waals surface area contributed by atoms with E-state index in [1.54, 1.807) is 0 Å². The summed E-state index contributed by atoms with van der Waals surface area (Å²) >= 11 is 0. The van der Waals surface area contributed by atoms with Gasteiger partial charge in [-0.05, 0) is 30.7 Å². The SMILES string of the molecule is CC1(c2ccccc2)OC(=O)N2C[C@@H]3C[C@@H]3[C@@H]21. The van der Waals surface area contributed by atoms with Gasteiger partial charge in [0.25, 0.3) is 0 Å². The Morgan fingerprint density at radius 3 is 2.88 bits per heavy atom. The number of carbonyl (C=O) groups excluding carboxylic acids is 1. The third-order valence-electron chi connectivity index (χ3n) is 4.60. The van der Waals surface area contributed by atoms with Gasteiger partial charge in [0.15, 0.2) is 5.60 Å². The van der Waals surface area contributed by atoms with Gasteiger partial charge in [0, 0.05) is 6.54 Å². The van der Waals surface area contributed by atoms with E-state index in [4.69, 9.17) is 4.74 Å². The maximum atomic E-state index is 11.9. The first-order valence-electron chi connectivity index (χ1n) is 6.25. The molecule has 0 bridgehead atoms. The Morgan fingerprint density at radius 1 is 1.35 bits per heavy atom. The van der Waals surface area contributed by atoms with Crippen LogP contribution in [0.2, 0.25) is 0 Å². The fourth-order valence-electron chi connectivity index (χ4n) is 3.66. The van der Waals surface area contributed by atoms with E-state index in [-0.39, 0.29) is 12.1 Å². The van der Waals surface area contributed by atoms with Crippen LogP contribution in [0.5, 0.6) is 0 Å². The molecule has 0 spiro atoms. The van der Waals surface area contributed by atoms with Crippen LogP contribution < -0.4 is 0 Å². The van der Waals surface area contributed by atoms with Gasteiger partial charge in [-0.3, -0.25) is 0 Å². The lowest BCUT2D eigenvalue weighted by atomic mass is 9.86. The van der Waals surface area contributed by atoms with Gasteiger partial charge in [0.2, 0.25) is 0 Å². The van der Waals surface area contributed by atoms with E-state index in [2.05, 4.69) is 19.1 Å². The zero-order chi connectivity index (χ0) is 11.6. The molecule has 4 rings (SSSR count). The Labute approximate surface area is 100 Å². The predicted octanol–water partition coefficient (Wildman–Crippen LogP) is 2.37. The molecule has 1 unspecified atom stereocenters. The van der Waals surface area contributed by atoms with E-state index in [0.29, 0.717) is 5.92 Å². The normalized spacial score (nSPS) is 42.1. The van der Waals surface area contributed by atoms with Crippen LogP contribution >= 0.6 is 0 Å². The van der Waals surface area contributed by atoms with E-state index in [0.717, 1.165) is 18.0 Å². The van der Waals surface area contributed by atoms with Crippen molar-refractivity contribution in [2.45, 2.75) is 25.0 Å². The zero-order valence-electron chi connectivity index (χ0n) is 9.80. The van der Waals surface area contributed by atoms with Gasteiger partial charge in [-0.15, -0.1) is 0 Å². The number of carbonyl (C=O) groups is 1. The van der Waals surface area contributed by atoms with Crippen molar-refractivity contribution in [3.05, 3.63) is 35.9 Å². The molecule has 3 fully saturated rings. The van der Waals surface area contributed by atoms with Crippen molar-refractivity contribution in [1.82, 2.24) is 4.90 Å². The number of benzene rings is 1. The molecule has 2 aliphatic heterocycles. The molecule has 2 saturated heterocycles. The maximum Gasteiger partial charge on any atom is 0.411 e. The van der Waals surface area contributed by atoms with E-state index in [9.17, 15) is 4.79 Å². The quantitative estimate of drug-likeness (QED) is 0.740. The highest BCUT2D eigenvalue weighted by Crippen LogP contribution is 2.58. The molecular weight excluding hydrogens is 214 g/mol. The molecule has 4 atom stereocenters. The van der Waals surface area contributed by atoms with Gasteiger partial charge >= 0.3 is 6.09 Å². The summed E-state index contributed by atoms with van der Waals surface area (Å²) in [5, 5.41) is 0. The number of fused-ring (bicyclic) bond motifs is 3. The van der Waals surface area contributed by atoms with Crippen LogP contribution in [0.25, 0.3) is 0 Å². The van der Waals surface area contributed by atoms with Crippen molar-refractivity contribution in [1.29, 1.82) is 0 Å². The highest BCUT2D eigenvalue weighted by molar-refractivity contribution is 5.73. The van der Waals surface area contributed by atoms with Crippen LogP contribution in [-0.2, 0) is 10.3 Å². The summed E-state index contributed by atoms with van der Waals surface area (Å²) < 4.78 is 5.69. The largest absolute Gasteiger partial charge is 0.436 e. The molecule has 3 nitrogen and oxygen atoms in total. The molecule has 2 heterocycles. The van der Waals surface area contributed by atoms with Crippen LogP contribution in [0.15, 0.2) is 30.3 Å². The van der Waals surface area contributed by atoms with Crippen LogP contribution in [-0.4, -0.2) is 23.6 Å². The highest BCUT2D eigenvalue weighted by atomic mass is 16.6. The molecule has 1 aromatic rings. The van der Waals surface area contributed by atoms with Gasteiger partial charge < -0.3 is 9.64 Å². The van der Waals surface area contributed by atoms with Crippen LogP contribution in [0.3, 0.4) is 0 Å². The van der Waals surface area contributed by atoms with Gasteiger partial charge in [-0.25, -0.2) is 4.79 Å². The maximum absolute atomic E-state index is 11.9. The van der Waals surface area contributed by atoms with Crippen LogP contribution in [0.1, 0.15) is 18.9 Å². The second-order valence-corrected chi connectivity index (χ2v) is 5.60. The van der Waals surface area contributed by atoms with E-state index in [1.165, 1.54) is 6.42 Å². The van der Waals surface area contributed by atoms with Crippen molar-refractivity contribution in [2.75, 3.05) is 6.54 Å². The summed E-state index contributed by atoms with van der Waals surface area (Å²) in [6, 6.07) is 10.4. The predicted molar refractivity (Wildman–Crippen MR) is 62.4 cm³/mol. The van der Waals surface area contributed by atoms with E-state index in [1.807, 2.05) is 23.1 Å². The lowest BCUT2D eigenvalue weighted by Crippen LogP contribution is -2.40. The molecule has 3 heteroatoms. The smallest absolute Gasteiger partial charge is 0.411 e. The van der Waals surface area contributed by atoms with Crippen molar-refractivity contribution in [2.24, 2.45) is 11.8 Å². The van der Waals surface area contributed by atoms with Gasteiger partial charge in [0.05, 0.1) is 6.04 Å². The molecule has 1 aromatic carbocycles. The van der Waals surface area contributed by atoms with E-state index >= 15 is 0 Å².